The van der Waals surface area contributed by atoms with Crippen LogP contribution in [0.25, 0.3) is 0 Å². The first kappa shape index (κ1) is 10.2. The van der Waals surface area contributed by atoms with Crippen LogP contribution in [0.2, 0.25) is 0 Å². The Hall–Kier alpha value is -1.96. The lowest BCUT2D eigenvalue weighted by molar-refractivity contribution is 0.0913. The molecule has 0 amide bonds. The summed E-state index contributed by atoms with van der Waals surface area (Å²) in [6.45, 7) is 2.65. The monoisotopic (exact) mass is 226 g/mol. The van der Waals surface area contributed by atoms with Gasteiger partial charge in [-0.05, 0) is 24.6 Å². The molecule has 0 saturated carbocycles. The van der Waals surface area contributed by atoms with Crippen LogP contribution >= 0.6 is 0 Å². The minimum atomic E-state index is -0.00880. The van der Waals surface area contributed by atoms with Crippen LogP contribution in [0.3, 0.4) is 0 Å². The van der Waals surface area contributed by atoms with Gasteiger partial charge in [0.15, 0.2) is 17.6 Å². The molecule has 1 heterocycles. The smallest absolute Gasteiger partial charge is 0.162 e. The van der Waals surface area contributed by atoms with Gasteiger partial charge in [0.25, 0.3) is 0 Å². The molecule has 0 N–H and O–H groups in total. The van der Waals surface area contributed by atoms with E-state index in [9.17, 15) is 0 Å². The molecule has 2 nitrogen and oxygen atoms in total. The van der Waals surface area contributed by atoms with Gasteiger partial charge in [0.2, 0.25) is 0 Å². The van der Waals surface area contributed by atoms with E-state index in [1.165, 1.54) is 5.56 Å². The van der Waals surface area contributed by atoms with Crippen molar-refractivity contribution in [2.24, 2.45) is 0 Å². The standard InChI is InChI=1S/C15H14O2/c1-11-6-8-12(9-7-11)15-10-16-13-4-2-3-5-14(13)17-15/h2-9,15H,10H2,1H3. The molecule has 2 aromatic rings. The van der Waals surface area contributed by atoms with E-state index in [4.69, 9.17) is 9.47 Å². The van der Waals surface area contributed by atoms with Gasteiger partial charge >= 0.3 is 0 Å². The van der Waals surface area contributed by atoms with Crippen LogP contribution < -0.4 is 9.47 Å². The van der Waals surface area contributed by atoms with E-state index in [1.807, 2.05) is 24.3 Å². The lowest BCUT2D eigenvalue weighted by Gasteiger charge is -2.26. The fourth-order valence-corrected chi connectivity index (χ4v) is 1.96. The van der Waals surface area contributed by atoms with Gasteiger partial charge in [-0.1, -0.05) is 42.0 Å². The summed E-state index contributed by atoms with van der Waals surface area (Å²) in [5, 5.41) is 0. The quantitative estimate of drug-likeness (QED) is 0.740. The lowest BCUT2D eigenvalue weighted by atomic mass is 10.1. The van der Waals surface area contributed by atoms with Crippen LogP contribution in [0.1, 0.15) is 17.2 Å². The average Bonchev–Trinajstić information content (AvgIpc) is 2.39. The molecule has 0 aliphatic carbocycles. The Morgan fingerprint density at radius 3 is 2.41 bits per heavy atom. The molecule has 2 heteroatoms. The van der Waals surface area contributed by atoms with Gasteiger partial charge in [0.1, 0.15) is 6.61 Å². The molecule has 86 valence electrons. The number of fused-ring (bicyclic) bond motifs is 1. The third-order valence-corrected chi connectivity index (χ3v) is 2.96. The summed E-state index contributed by atoms with van der Waals surface area (Å²) in [5.41, 5.74) is 2.41. The molecule has 0 bridgehead atoms. The minimum absolute atomic E-state index is 0.00880. The average molecular weight is 226 g/mol. The third-order valence-electron chi connectivity index (χ3n) is 2.96. The van der Waals surface area contributed by atoms with Gasteiger partial charge in [0.05, 0.1) is 0 Å². The predicted octanol–water partition coefficient (Wildman–Crippen LogP) is 3.51. The summed E-state index contributed by atoms with van der Waals surface area (Å²) in [6, 6.07) is 16.2. The van der Waals surface area contributed by atoms with Crippen LogP contribution in [0.4, 0.5) is 0 Å². The van der Waals surface area contributed by atoms with Crippen LogP contribution in [-0.2, 0) is 0 Å². The number of hydrogen-bond acceptors (Lipinski definition) is 2. The lowest BCUT2D eigenvalue weighted by Crippen LogP contribution is -2.21. The minimum Gasteiger partial charge on any atom is -0.485 e. The molecule has 0 fully saturated rings. The van der Waals surface area contributed by atoms with Crippen LogP contribution in [-0.4, -0.2) is 6.61 Å². The number of rotatable bonds is 1. The highest BCUT2D eigenvalue weighted by Crippen LogP contribution is 2.35. The van der Waals surface area contributed by atoms with Crippen molar-refractivity contribution in [3.63, 3.8) is 0 Å². The Balaban J connectivity index is 1.86. The van der Waals surface area contributed by atoms with Crippen molar-refractivity contribution in [2.45, 2.75) is 13.0 Å². The van der Waals surface area contributed by atoms with E-state index < -0.39 is 0 Å². The molecule has 1 aliphatic rings. The zero-order valence-corrected chi connectivity index (χ0v) is 9.72. The van der Waals surface area contributed by atoms with E-state index in [0.717, 1.165) is 17.1 Å². The molecule has 0 radical (unpaired) electrons. The summed E-state index contributed by atoms with van der Waals surface area (Å²) in [6.07, 6.45) is -0.00880. The van der Waals surface area contributed by atoms with Crippen molar-refractivity contribution in [1.29, 1.82) is 0 Å². The van der Waals surface area contributed by atoms with Gasteiger partial charge in [0, 0.05) is 0 Å². The van der Waals surface area contributed by atoms with Gasteiger partial charge < -0.3 is 9.47 Å². The maximum absolute atomic E-state index is 5.93. The maximum Gasteiger partial charge on any atom is 0.162 e. The second-order valence-electron chi connectivity index (χ2n) is 4.27. The molecular formula is C15H14O2. The van der Waals surface area contributed by atoms with E-state index >= 15 is 0 Å². The van der Waals surface area contributed by atoms with E-state index in [1.54, 1.807) is 0 Å². The third kappa shape index (κ3) is 1.98. The molecule has 1 unspecified atom stereocenters. The maximum atomic E-state index is 5.93. The van der Waals surface area contributed by atoms with Crippen LogP contribution in [0.5, 0.6) is 11.5 Å². The molecule has 3 rings (SSSR count). The number of benzene rings is 2. The highest BCUT2D eigenvalue weighted by Gasteiger charge is 2.21. The Morgan fingerprint density at radius 1 is 0.941 bits per heavy atom. The summed E-state index contributed by atoms with van der Waals surface area (Å²) in [7, 11) is 0. The molecule has 1 atom stereocenters. The van der Waals surface area contributed by atoms with Crippen LogP contribution in [0.15, 0.2) is 48.5 Å². The van der Waals surface area contributed by atoms with Crippen molar-refractivity contribution >= 4 is 0 Å². The molecule has 0 saturated heterocycles. The fraction of sp³-hybridized carbons (Fsp3) is 0.200. The summed E-state index contributed by atoms with van der Waals surface area (Å²) in [4.78, 5) is 0. The van der Waals surface area contributed by atoms with Crippen LogP contribution in [0, 0.1) is 6.92 Å². The fourth-order valence-electron chi connectivity index (χ4n) is 1.96. The van der Waals surface area contributed by atoms with Crippen molar-refractivity contribution < 1.29 is 9.47 Å². The zero-order valence-electron chi connectivity index (χ0n) is 9.72. The second-order valence-corrected chi connectivity index (χ2v) is 4.27. The summed E-state index contributed by atoms with van der Waals surface area (Å²) < 4.78 is 11.6. The summed E-state index contributed by atoms with van der Waals surface area (Å²) in [5.74, 6) is 1.65. The molecular weight excluding hydrogens is 212 g/mol. The van der Waals surface area contributed by atoms with Crippen molar-refractivity contribution in [3.05, 3.63) is 59.7 Å². The molecule has 0 aromatic heterocycles. The van der Waals surface area contributed by atoms with Gasteiger partial charge in [-0.3, -0.25) is 0 Å². The number of hydrogen-bond donors (Lipinski definition) is 0. The van der Waals surface area contributed by atoms with E-state index in [0.29, 0.717) is 6.61 Å². The SMILES string of the molecule is Cc1ccc(C2COc3ccccc3O2)cc1. The summed E-state index contributed by atoms with van der Waals surface area (Å²) >= 11 is 0. The molecule has 2 aromatic carbocycles. The normalized spacial score (nSPS) is 17.8. The highest BCUT2D eigenvalue weighted by atomic mass is 16.6. The topological polar surface area (TPSA) is 18.5 Å². The van der Waals surface area contributed by atoms with E-state index in [2.05, 4.69) is 31.2 Å². The molecule has 17 heavy (non-hydrogen) atoms. The Kier molecular flexibility index (Phi) is 2.48. The first-order valence-corrected chi connectivity index (χ1v) is 5.78. The highest BCUT2D eigenvalue weighted by molar-refractivity contribution is 5.41. The van der Waals surface area contributed by atoms with Gasteiger partial charge in [-0.2, -0.15) is 0 Å². The molecule has 0 spiro atoms. The zero-order chi connectivity index (χ0) is 11.7. The van der Waals surface area contributed by atoms with Crippen molar-refractivity contribution in [2.75, 3.05) is 6.61 Å². The Bertz CT molecular complexity index is 517. The number of aryl methyl sites for hydroxylation is 1. The second kappa shape index (κ2) is 4.13. The first-order valence-electron chi connectivity index (χ1n) is 5.78. The number of para-hydroxylation sites is 2. The first-order chi connectivity index (χ1) is 8.33. The predicted molar refractivity (Wildman–Crippen MR) is 66.5 cm³/mol. The van der Waals surface area contributed by atoms with Gasteiger partial charge in [-0.15, -0.1) is 0 Å². The van der Waals surface area contributed by atoms with Crippen molar-refractivity contribution in [1.82, 2.24) is 0 Å². The van der Waals surface area contributed by atoms with Crippen molar-refractivity contribution in [3.8, 4) is 11.5 Å². The Labute approximate surface area is 101 Å². The largest absolute Gasteiger partial charge is 0.485 e. The Morgan fingerprint density at radius 2 is 1.65 bits per heavy atom. The number of ether oxygens (including phenoxy) is 2. The molecule has 1 aliphatic heterocycles. The van der Waals surface area contributed by atoms with Gasteiger partial charge in [-0.25, -0.2) is 0 Å². The van der Waals surface area contributed by atoms with E-state index in [-0.39, 0.29) is 6.10 Å².